The molecule has 0 unspecified atom stereocenters. The normalized spacial score (nSPS) is 18.5. The van der Waals surface area contributed by atoms with Crippen molar-refractivity contribution in [2.45, 2.75) is 24.7 Å². The number of hydrogen-bond acceptors (Lipinski definition) is 4. The Bertz CT molecular complexity index is 565. The summed E-state index contributed by atoms with van der Waals surface area (Å²) < 4.78 is 16.5. The Kier molecular flexibility index (Phi) is 3.17. The van der Waals surface area contributed by atoms with Crippen LogP contribution in [0.25, 0.3) is 0 Å². The van der Waals surface area contributed by atoms with Crippen LogP contribution in [0.2, 0.25) is 5.02 Å². The van der Waals surface area contributed by atoms with Crippen LogP contribution < -0.4 is 14.2 Å². The van der Waals surface area contributed by atoms with Crippen LogP contribution in [-0.2, 0) is 10.2 Å². The van der Waals surface area contributed by atoms with Crippen LogP contribution in [-0.4, -0.2) is 31.4 Å². The third-order valence-electron chi connectivity index (χ3n) is 3.85. The molecule has 0 saturated heterocycles. The van der Waals surface area contributed by atoms with E-state index in [4.69, 9.17) is 30.9 Å². The second-order valence-corrected chi connectivity index (χ2v) is 5.52. The standard InChI is InChI=1S/C14H15ClO5/c1-18-12-8(14(2-3-14)7-10(16)17)6-9-13(11(12)15)20-5-4-19-9/h6H,2-5,7H2,1H3,(H,16,17). The molecule has 1 aliphatic carbocycles. The lowest BCUT2D eigenvalue weighted by Crippen LogP contribution is -2.19. The molecule has 5 nitrogen and oxygen atoms in total. The molecule has 20 heavy (non-hydrogen) atoms. The molecule has 3 rings (SSSR count). The predicted molar refractivity (Wildman–Crippen MR) is 72.2 cm³/mol. The van der Waals surface area contributed by atoms with Crippen molar-refractivity contribution in [2.75, 3.05) is 20.3 Å². The summed E-state index contributed by atoms with van der Waals surface area (Å²) in [6, 6.07) is 1.81. The molecular weight excluding hydrogens is 284 g/mol. The van der Waals surface area contributed by atoms with Crippen LogP contribution in [0.5, 0.6) is 17.2 Å². The molecule has 0 bridgehead atoms. The third kappa shape index (κ3) is 2.06. The van der Waals surface area contributed by atoms with E-state index in [1.165, 1.54) is 7.11 Å². The fourth-order valence-corrected chi connectivity index (χ4v) is 3.03. The summed E-state index contributed by atoms with van der Waals surface area (Å²) in [6.45, 7) is 0.899. The zero-order valence-corrected chi connectivity index (χ0v) is 11.8. The molecule has 108 valence electrons. The van der Waals surface area contributed by atoms with Crippen LogP contribution in [0.3, 0.4) is 0 Å². The number of fused-ring (bicyclic) bond motifs is 1. The highest BCUT2D eigenvalue weighted by Crippen LogP contribution is 2.58. The van der Waals surface area contributed by atoms with E-state index in [1.54, 1.807) is 0 Å². The smallest absolute Gasteiger partial charge is 0.304 e. The minimum absolute atomic E-state index is 0.0688. The number of methoxy groups -OCH3 is 1. The maximum Gasteiger partial charge on any atom is 0.304 e. The van der Waals surface area contributed by atoms with Gasteiger partial charge in [-0.05, 0) is 18.9 Å². The van der Waals surface area contributed by atoms with Gasteiger partial charge in [-0.1, -0.05) is 11.6 Å². The lowest BCUT2D eigenvalue weighted by molar-refractivity contribution is -0.137. The maximum absolute atomic E-state index is 11.1. The molecule has 6 heteroatoms. The van der Waals surface area contributed by atoms with Gasteiger partial charge in [0.1, 0.15) is 24.0 Å². The molecule has 1 saturated carbocycles. The average molecular weight is 299 g/mol. The molecule has 1 N–H and O–H groups in total. The number of carbonyl (C=O) groups is 1. The van der Waals surface area contributed by atoms with Gasteiger partial charge in [0.15, 0.2) is 11.5 Å². The SMILES string of the molecule is COc1c(C2(CC(=O)O)CC2)cc2c(c1Cl)OCCO2. The fraction of sp³-hybridized carbons (Fsp3) is 0.500. The van der Waals surface area contributed by atoms with Gasteiger partial charge in [0.05, 0.1) is 13.5 Å². The number of carboxylic acid groups (broad SMARTS) is 1. The lowest BCUT2D eigenvalue weighted by atomic mass is 9.91. The maximum atomic E-state index is 11.1. The minimum Gasteiger partial charge on any atom is -0.495 e. The van der Waals surface area contributed by atoms with Gasteiger partial charge >= 0.3 is 5.97 Å². The van der Waals surface area contributed by atoms with E-state index in [9.17, 15) is 4.79 Å². The van der Waals surface area contributed by atoms with Gasteiger partial charge in [0, 0.05) is 11.0 Å². The summed E-state index contributed by atoms with van der Waals surface area (Å²) >= 11 is 6.32. The van der Waals surface area contributed by atoms with Crippen LogP contribution in [0.1, 0.15) is 24.8 Å². The predicted octanol–water partition coefficient (Wildman–Crippen LogP) is 2.63. The highest BCUT2D eigenvalue weighted by Gasteiger charge is 2.49. The third-order valence-corrected chi connectivity index (χ3v) is 4.19. The number of carboxylic acids is 1. The summed E-state index contributed by atoms with van der Waals surface area (Å²) in [5, 5.41) is 9.45. The van der Waals surface area contributed by atoms with E-state index < -0.39 is 11.4 Å². The highest BCUT2D eigenvalue weighted by atomic mass is 35.5. The van der Waals surface area contributed by atoms with E-state index in [0.29, 0.717) is 35.5 Å². The summed E-state index contributed by atoms with van der Waals surface area (Å²) in [6.07, 6.45) is 1.69. The monoisotopic (exact) mass is 298 g/mol. The molecule has 1 aliphatic heterocycles. The summed E-state index contributed by atoms with van der Waals surface area (Å²) in [7, 11) is 1.53. The Morgan fingerprint density at radius 1 is 1.45 bits per heavy atom. The number of benzene rings is 1. The van der Waals surface area contributed by atoms with Crippen molar-refractivity contribution in [1.82, 2.24) is 0 Å². The number of rotatable bonds is 4. The van der Waals surface area contributed by atoms with Crippen molar-refractivity contribution in [1.29, 1.82) is 0 Å². The van der Waals surface area contributed by atoms with Gasteiger partial charge in [-0.15, -0.1) is 0 Å². The number of ether oxygens (including phenoxy) is 3. The largest absolute Gasteiger partial charge is 0.495 e. The van der Waals surface area contributed by atoms with Gasteiger partial charge in [0.2, 0.25) is 0 Å². The van der Waals surface area contributed by atoms with Crippen LogP contribution in [0.4, 0.5) is 0 Å². The first-order valence-electron chi connectivity index (χ1n) is 6.46. The molecule has 0 radical (unpaired) electrons. The van der Waals surface area contributed by atoms with Gasteiger partial charge in [-0.2, -0.15) is 0 Å². The van der Waals surface area contributed by atoms with E-state index in [1.807, 2.05) is 6.07 Å². The van der Waals surface area contributed by atoms with Crippen molar-refractivity contribution >= 4 is 17.6 Å². The first-order valence-corrected chi connectivity index (χ1v) is 6.83. The van der Waals surface area contributed by atoms with Gasteiger partial charge in [0.25, 0.3) is 0 Å². The molecule has 1 aromatic carbocycles. The zero-order chi connectivity index (χ0) is 14.3. The molecule has 2 aliphatic rings. The van der Waals surface area contributed by atoms with Crippen molar-refractivity contribution in [3.63, 3.8) is 0 Å². The lowest BCUT2D eigenvalue weighted by Gasteiger charge is -2.25. The first kappa shape index (κ1) is 13.4. The van der Waals surface area contributed by atoms with Gasteiger partial charge < -0.3 is 19.3 Å². The second kappa shape index (κ2) is 4.74. The van der Waals surface area contributed by atoms with Crippen molar-refractivity contribution < 1.29 is 24.1 Å². The molecule has 1 heterocycles. The molecule has 0 aromatic heterocycles. The Labute approximate surface area is 121 Å². The molecule has 1 aromatic rings. The topological polar surface area (TPSA) is 65.0 Å². The number of aliphatic carboxylic acids is 1. The Hall–Kier alpha value is -1.62. The molecule has 0 atom stereocenters. The number of hydrogen-bond donors (Lipinski definition) is 1. The highest BCUT2D eigenvalue weighted by molar-refractivity contribution is 6.34. The molecule has 0 amide bonds. The van der Waals surface area contributed by atoms with Crippen LogP contribution in [0, 0.1) is 0 Å². The van der Waals surface area contributed by atoms with E-state index in [2.05, 4.69) is 0 Å². The minimum atomic E-state index is -0.824. The quantitative estimate of drug-likeness (QED) is 0.925. The zero-order valence-electron chi connectivity index (χ0n) is 11.1. The van der Waals surface area contributed by atoms with E-state index >= 15 is 0 Å². The van der Waals surface area contributed by atoms with Gasteiger partial charge in [-0.25, -0.2) is 0 Å². The van der Waals surface area contributed by atoms with Gasteiger partial charge in [-0.3, -0.25) is 4.79 Å². The van der Waals surface area contributed by atoms with Crippen molar-refractivity contribution in [3.8, 4) is 17.2 Å². The Balaban J connectivity index is 2.11. The Morgan fingerprint density at radius 2 is 2.15 bits per heavy atom. The van der Waals surface area contributed by atoms with E-state index in [-0.39, 0.29) is 6.42 Å². The Morgan fingerprint density at radius 3 is 2.75 bits per heavy atom. The summed E-state index contributed by atoms with van der Waals surface area (Å²) in [4.78, 5) is 11.1. The van der Waals surface area contributed by atoms with Crippen molar-refractivity contribution in [3.05, 3.63) is 16.7 Å². The average Bonchev–Trinajstić information content (AvgIpc) is 3.18. The summed E-state index contributed by atoms with van der Waals surface area (Å²) in [5.74, 6) is 0.712. The fourth-order valence-electron chi connectivity index (χ4n) is 2.70. The molecular formula is C14H15ClO5. The first-order chi connectivity index (χ1) is 9.57. The molecule has 1 fully saturated rings. The number of halogens is 1. The summed E-state index contributed by atoms with van der Waals surface area (Å²) in [5.41, 5.74) is 0.410. The van der Waals surface area contributed by atoms with Crippen LogP contribution >= 0.6 is 11.6 Å². The second-order valence-electron chi connectivity index (χ2n) is 5.15. The van der Waals surface area contributed by atoms with Crippen molar-refractivity contribution in [2.24, 2.45) is 0 Å². The van der Waals surface area contributed by atoms with Crippen LogP contribution in [0.15, 0.2) is 6.07 Å². The van der Waals surface area contributed by atoms with E-state index in [0.717, 1.165) is 18.4 Å². The molecule has 0 spiro atoms.